The van der Waals surface area contributed by atoms with E-state index >= 15 is 0 Å². The van der Waals surface area contributed by atoms with Crippen molar-refractivity contribution in [2.45, 2.75) is 26.3 Å². The third-order valence-corrected chi connectivity index (χ3v) is 2.94. The molecule has 5 heteroatoms. The second-order valence-corrected chi connectivity index (χ2v) is 5.38. The lowest BCUT2D eigenvalue weighted by Crippen LogP contribution is -2.48. The lowest BCUT2D eigenvalue weighted by molar-refractivity contribution is -0.138. The molecule has 0 fully saturated rings. The monoisotopic (exact) mass is 241 g/mol. The van der Waals surface area contributed by atoms with E-state index in [1.54, 1.807) is 17.5 Å². The number of rotatable bonds is 3. The highest BCUT2D eigenvalue weighted by Crippen LogP contribution is 2.19. The quantitative estimate of drug-likeness (QED) is 0.881. The zero-order valence-corrected chi connectivity index (χ0v) is 10.4. The summed E-state index contributed by atoms with van der Waals surface area (Å²) in [6.07, 6.45) is 0. The van der Waals surface area contributed by atoms with E-state index in [0.29, 0.717) is 4.88 Å². The maximum atomic E-state index is 12.1. The molecule has 0 saturated carbocycles. The van der Waals surface area contributed by atoms with Gasteiger partial charge < -0.3 is 10.0 Å². The zero-order chi connectivity index (χ0) is 12.3. The van der Waals surface area contributed by atoms with Crippen LogP contribution in [0.5, 0.6) is 0 Å². The number of amides is 1. The van der Waals surface area contributed by atoms with Gasteiger partial charge in [0.2, 0.25) is 0 Å². The highest BCUT2D eigenvalue weighted by atomic mass is 32.1. The number of thiophene rings is 1. The molecule has 0 bridgehead atoms. The average molecular weight is 241 g/mol. The van der Waals surface area contributed by atoms with Gasteiger partial charge in [-0.25, -0.2) is 0 Å². The van der Waals surface area contributed by atoms with Crippen molar-refractivity contribution in [3.63, 3.8) is 0 Å². The Balaban J connectivity index is 2.94. The van der Waals surface area contributed by atoms with Crippen LogP contribution in [-0.2, 0) is 4.79 Å². The summed E-state index contributed by atoms with van der Waals surface area (Å²) >= 11 is 1.32. The molecule has 0 saturated heterocycles. The van der Waals surface area contributed by atoms with Crippen molar-refractivity contribution in [1.82, 2.24) is 4.90 Å². The van der Waals surface area contributed by atoms with Gasteiger partial charge in [-0.05, 0) is 32.2 Å². The molecule has 4 nitrogen and oxygen atoms in total. The number of carbonyl (C=O) groups is 2. The predicted octanol–water partition coefficient (Wildman–Crippen LogP) is 2.07. The van der Waals surface area contributed by atoms with Gasteiger partial charge in [-0.3, -0.25) is 9.59 Å². The van der Waals surface area contributed by atoms with Crippen LogP contribution in [0.3, 0.4) is 0 Å². The van der Waals surface area contributed by atoms with Crippen LogP contribution in [-0.4, -0.2) is 34.0 Å². The van der Waals surface area contributed by atoms with Crippen molar-refractivity contribution in [2.24, 2.45) is 0 Å². The maximum absolute atomic E-state index is 12.1. The molecule has 0 aliphatic heterocycles. The number of carboxylic acids is 1. The standard InChI is InChI=1S/C11H15NO3S/c1-11(2,3)12(7-9(13)14)10(15)8-5-4-6-16-8/h4-6H,7H2,1-3H3,(H,13,14). The average Bonchev–Trinajstić information content (AvgIpc) is 2.63. The molecular weight excluding hydrogens is 226 g/mol. The molecule has 1 amide bonds. The molecule has 1 N–H and O–H groups in total. The van der Waals surface area contributed by atoms with Crippen LogP contribution in [0.2, 0.25) is 0 Å². The van der Waals surface area contributed by atoms with Gasteiger partial charge in [0.05, 0.1) is 4.88 Å². The van der Waals surface area contributed by atoms with Crippen LogP contribution in [0.25, 0.3) is 0 Å². The number of hydrogen-bond acceptors (Lipinski definition) is 3. The molecule has 1 aromatic heterocycles. The molecule has 0 aromatic carbocycles. The summed E-state index contributed by atoms with van der Waals surface area (Å²) in [5, 5.41) is 10.6. The summed E-state index contributed by atoms with van der Waals surface area (Å²) < 4.78 is 0. The van der Waals surface area contributed by atoms with Crippen LogP contribution in [0.15, 0.2) is 17.5 Å². The first-order valence-corrected chi connectivity index (χ1v) is 5.77. The molecule has 0 aliphatic carbocycles. The third-order valence-electron chi connectivity index (χ3n) is 2.08. The maximum Gasteiger partial charge on any atom is 0.323 e. The second kappa shape index (κ2) is 4.65. The van der Waals surface area contributed by atoms with E-state index in [4.69, 9.17) is 5.11 Å². The summed E-state index contributed by atoms with van der Waals surface area (Å²) in [5.41, 5.74) is -0.501. The van der Waals surface area contributed by atoms with Crippen molar-refractivity contribution < 1.29 is 14.7 Å². The molecule has 0 atom stereocenters. The smallest absolute Gasteiger partial charge is 0.323 e. The largest absolute Gasteiger partial charge is 0.480 e. The van der Waals surface area contributed by atoms with Crippen molar-refractivity contribution in [3.8, 4) is 0 Å². The van der Waals surface area contributed by atoms with Crippen LogP contribution >= 0.6 is 11.3 Å². The van der Waals surface area contributed by atoms with Gasteiger partial charge in [-0.2, -0.15) is 0 Å². The molecular formula is C11H15NO3S. The van der Waals surface area contributed by atoms with Gasteiger partial charge in [-0.15, -0.1) is 11.3 Å². The van der Waals surface area contributed by atoms with E-state index in [9.17, 15) is 9.59 Å². The predicted molar refractivity (Wildman–Crippen MR) is 62.7 cm³/mol. The van der Waals surface area contributed by atoms with Crippen molar-refractivity contribution in [2.75, 3.05) is 6.54 Å². The summed E-state index contributed by atoms with van der Waals surface area (Å²) in [6.45, 7) is 5.19. The van der Waals surface area contributed by atoms with E-state index in [1.807, 2.05) is 20.8 Å². The molecule has 88 valence electrons. The van der Waals surface area contributed by atoms with Crippen molar-refractivity contribution >= 4 is 23.2 Å². The minimum Gasteiger partial charge on any atom is -0.480 e. The van der Waals surface area contributed by atoms with Gasteiger partial charge in [-0.1, -0.05) is 6.07 Å². The van der Waals surface area contributed by atoms with E-state index in [-0.39, 0.29) is 12.5 Å². The lowest BCUT2D eigenvalue weighted by atomic mass is 10.1. The van der Waals surface area contributed by atoms with Crippen LogP contribution in [0.4, 0.5) is 0 Å². The fourth-order valence-electron chi connectivity index (χ4n) is 1.28. The van der Waals surface area contributed by atoms with E-state index < -0.39 is 11.5 Å². The number of carboxylic acid groups (broad SMARTS) is 1. The molecule has 1 aromatic rings. The second-order valence-electron chi connectivity index (χ2n) is 4.43. The van der Waals surface area contributed by atoms with Crippen molar-refractivity contribution in [3.05, 3.63) is 22.4 Å². The summed E-state index contributed by atoms with van der Waals surface area (Å²) in [4.78, 5) is 24.7. The minimum atomic E-state index is -1.00. The number of hydrogen-bond donors (Lipinski definition) is 1. The molecule has 1 heterocycles. The van der Waals surface area contributed by atoms with Crippen LogP contribution in [0.1, 0.15) is 30.4 Å². The normalized spacial score (nSPS) is 11.2. The zero-order valence-electron chi connectivity index (χ0n) is 9.56. The van der Waals surface area contributed by atoms with E-state index in [2.05, 4.69) is 0 Å². The number of carbonyl (C=O) groups excluding carboxylic acids is 1. The van der Waals surface area contributed by atoms with E-state index in [1.165, 1.54) is 16.2 Å². The summed E-state index contributed by atoms with van der Waals surface area (Å²) in [7, 11) is 0. The van der Waals surface area contributed by atoms with Gasteiger partial charge in [0, 0.05) is 5.54 Å². The number of aliphatic carboxylic acids is 1. The Morgan fingerprint density at radius 1 is 1.44 bits per heavy atom. The van der Waals surface area contributed by atoms with Crippen LogP contribution < -0.4 is 0 Å². The van der Waals surface area contributed by atoms with Gasteiger partial charge in [0.25, 0.3) is 5.91 Å². The summed E-state index contributed by atoms with van der Waals surface area (Å²) in [5.74, 6) is -1.23. The highest BCUT2D eigenvalue weighted by molar-refractivity contribution is 7.12. The molecule has 0 aliphatic rings. The van der Waals surface area contributed by atoms with E-state index in [0.717, 1.165) is 0 Å². The fourth-order valence-corrected chi connectivity index (χ4v) is 1.95. The molecule has 0 spiro atoms. The van der Waals surface area contributed by atoms with Gasteiger partial charge >= 0.3 is 5.97 Å². The topological polar surface area (TPSA) is 57.6 Å². The molecule has 0 unspecified atom stereocenters. The Kier molecular flexibility index (Phi) is 3.70. The van der Waals surface area contributed by atoms with Crippen molar-refractivity contribution in [1.29, 1.82) is 0 Å². The molecule has 16 heavy (non-hydrogen) atoms. The fraction of sp³-hybridized carbons (Fsp3) is 0.455. The molecule has 1 rings (SSSR count). The Hall–Kier alpha value is -1.36. The Bertz CT molecular complexity index is 378. The summed E-state index contributed by atoms with van der Waals surface area (Å²) in [6, 6.07) is 3.48. The Labute approximate surface area is 98.5 Å². The first-order valence-electron chi connectivity index (χ1n) is 4.89. The highest BCUT2D eigenvalue weighted by Gasteiger charge is 2.29. The lowest BCUT2D eigenvalue weighted by Gasteiger charge is -2.34. The molecule has 0 radical (unpaired) electrons. The van der Waals surface area contributed by atoms with Gasteiger partial charge in [0.1, 0.15) is 6.54 Å². The van der Waals surface area contributed by atoms with Gasteiger partial charge in [0.15, 0.2) is 0 Å². The first-order chi connectivity index (χ1) is 7.32. The number of nitrogens with zero attached hydrogens (tertiary/aromatic N) is 1. The third kappa shape index (κ3) is 3.06. The Morgan fingerprint density at radius 3 is 2.44 bits per heavy atom. The Morgan fingerprint density at radius 2 is 2.06 bits per heavy atom. The minimum absolute atomic E-state index is 0.232. The SMILES string of the molecule is CC(C)(C)N(CC(=O)O)C(=O)c1cccs1. The first kappa shape index (κ1) is 12.7. The van der Waals surface area contributed by atoms with Crippen LogP contribution in [0, 0.1) is 0 Å².